The zero-order chi connectivity index (χ0) is 18.1. The molecule has 0 aliphatic heterocycles. The molecule has 23 heavy (non-hydrogen) atoms. The second kappa shape index (κ2) is 6.52. The number of halogens is 1. The lowest BCUT2D eigenvalue weighted by molar-refractivity contribution is -0.120. The van der Waals surface area contributed by atoms with E-state index in [0.717, 1.165) is 11.8 Å². The van der Waals surface area contributed by atoms with Crippen LogP contribution in [0, 0.1) is 0 Å². The van der Waals surface area contributed by atoms with Crippen LogP contribution in [0.5, 0.6) is 0 Å². The van der Waals surface area contributed by atoms with Crippen LogP contribution in [0.1, 0.15) is 47.1 Å². The van der Waals surface area contributed by atoms with E-state index in [2.05, 4.69) is 0 Å². The highest BCUT2D eigenvalue weighted by Crippen LogP contribution is 2.38. The normalized spacial score (nSPS) is 14.8. The average Bonchev–Trinajstić information content (AvgIpc) is 2.44. The van der Waals surface area contributed by atoms with Crippen molar-refractivity contribution >= 4 is 24.0 Å². The summed E-state index contributed by atoms with van der Waals surface area (Å²) in [5.41, 5.74) is -1.43. The number of ether oxygens (including phenoxy) is 1. The van der Waals surface area contributed by atoms with E-state index in [-0.39, 0.29) is 0 Å². The van der Waals surface area contributed by atoms with Crippen molar-refractivity contribution in [3.05, 3.63) is 34.9 Å². The van der Waals surface area contributed by atoms with Crippen LogP contribution in [0.25, 0.3) is 0 Å². The Bertz CT molecular complexity index is 575. The Morgan fingerprint density at radius 2 is 1.57 bits per heavy atom. The van der Waals surface area contributed by atoms with Gasteiger partial charge >= 0.3 is 6.09 Å². The molecule has 0 fully saturated rings. The Morgan fingerprint density at radius 3 is 1.96 bits per heavy atom. The maximum absolute atomic E-state index is 12.4. The van der Waals surface area contributed by atoms with Crippen molar-refractivity contribution in [3.63, 3.8) is 0 Å². The van der Waals surface area contributed by atoms with Crippen molar-refractivity contribution in [1.29, 1.82) is 0 Å². The van der Waals surface area contributed by atoms with Crippen LogP contribution in [0.4, 0.5) is 4.79 Å². The molecule has 0 aliphatic carbocycles. The minimum absolute atomic E-state index is 0.533. The monoisotopic (exact) mass is 339 g/mol. The van der Waals surface area contributed by atoms with E-state index in [4.69, 9.17) is 16.3 Å². The molecule has 4 nitrogen and oxygen atoms in total. The van der Waals surface area contributed by atoms with Gasteiger partial charge in [0.25, 0.3) is 0 Å². The van der Waals surface area contributed by atoms with E-state index in [1.807, 2.05) is 26.0 Å². The van der Waals surface area contributed by atoms with Crippen LogP contribution in [-0.2, 0) is 14.9 Å². The summed E-state index contributed by atoms with van der Waals surface area (Å²) in [5, 5.41) is 0.623. The summed E-state index contributed by atoms with van der Waals surface area (Å²) in [6, 6.07) is 7.29. The molecule has 0 heterocycles. The van der Waals surface area contributed by atoms with Crippen LogP contribution in [0.2, 0.25) is 5.02 Å². The molecule has 1 atom stereocenters. The zero-order valence-electron chi connectivity index (χ0n) is 14.9. The van der Waals surface area contributed by atoms with Gasteiger partial charge in [-0.25, -0.2) is 4.79 Å². The van der Waals surface area contributed by atoms with Crippen LogP contribution in [-0.4, -0.2) is 35.5 Å². The number of carbonyl (C=O) groups excluding carboxylic acids is 2. The summed E-state index contributed by atoms with van der Waals surface area (Å²) in [6.45, 7) is 11.0. The Hall–Kier alpha value is -1.55. The van der Waals surface area contributed by atoms with E-state index < -0.39 is 22.6 Å². The van der Waals surface area contributed by atoms with Gasteiger partial charge < -0.3 is 9.53 Å². The van der Waals surface area contributed by atoms with E-state index in [1.54, 1.807) is 46.9 Å². The Morgan fingerprint density at radius 1 is 1.09 bits per heavy atom. The first-order valence-corrected chi connectivity index (χ1v) is 7.92. The van der Waals surface area contributed by atoms with Crippen molar-refractivity contribution < 1.29 is 14.3 Å². The Balaban J connectivity index is 3.23. The summed E-state index contributed by atoms with van der Waals surface area (Å²) >= 11 is 5.94. The minimum Gasteiger partial charge on any atom is -0.444 e. The Kier molecular flexibility index (Phi) is 5.53. The fourth-order valence-electron chi connectivity index (χ4n) is 2.32. The summed E-state index contributed by atoms with van der Waals surface area (Å²) in [4.78, 5) is 25.7. The van der Waals surface area contributed by atoms with Gasteiger partial charge in [-0.3, -0.25) is 4.90 Å². The molecule has 1 amide bonds. The molecule has 0 radical (unpaired) electrons. The molecule has 0 saturated heterocycles. The quantitative estimate of drug-likeness (QED) is 0.762. The molecule has 1 aromatic carbocycles. The molecule has 0 aromatic heterocycles. The predicted molar refractivity (Wildman–Crippen MR) is 92.9 cm³/mol. The molecule has 1 rings (SSSR count). The third-order valence-electron chi connectivity index (χ3n) is 4.42. The molecule has 0 bridgehead atoms. The second-order valence-corrected chi connectivity index (χ2v) is 7.87. The Labute approximate surface area is 143 Å². The molecule has 0 spiro atoms. The van der Waals surface area contributed by atoms with Gasteiger partial charge in [-0.05, 0) is 45.4 Å². The molecule has 1 aromatic rings. The number of nitrogens with zero attached hydrogens (tertiary/aromatic N) is 1. The second-order valence-electron chi connectivity index (χ2n) is 7.44. The van der Waals surface area contributed by atoms with Crippen LogP contribution in [0.15, 0.2) is 24.3 Å². The molecule has 0 saturated carbocycles. The summed E-state index contributed by atoms with van der Waals surface area (Å²) in [6.07, 6.45) is 0.264. The number of benzene rings is 1. The molecule has 5 heteroatoms. The summed E-state index contributed by atoms with van der Waals surface area (Å²) < 4.78 is 5.40. The minimum atomic E-state index is -1.08. The number of rotatable bonds is 4. The molecule has 0 N–H and O–H groups in total. The highest BCUT2D eigenvalue weighted by atomic mass is 35.5. The van der Waals surface area contributed by atoms with E-state index in [9.17, 15) is 9.59 Å². The van der Waals surface area contributed by atoms with Crippen LogP contribution < -0.4 is 0 Å². The summed E-state index contributed by atoms with van der Waals surface area (Å²) in [7, 11) is 1.58. The molecular weight excluding hydrogens is 314 g/mol. The molecule has 0 aliphatic rings. The van der Waals surface area contributed by atoms with E-state index >= 15 is 0 Å². The van der Waals surface area contributed by atoms with Gasteiger partial charge in [-0.1, -0.05) is 37.6 Å². The standard InChI is InChI=1S/C18H26ClNO3/c1-16(2,3)23-15(22)20(7)18(6,12-21)17(4,5)13-8-10-14(19)11-9-13/h8-12H,1-7H3. The van der Waals surface area contributed by atoms with Crippen molar-refractivity contribution in [2.24, 2.45) is 0 Å². The largest absolute Gasteiger partial charge is 0.444 e. The third-order valence-corrected chi connectivity index (χ3v) is 4.68. The first-order valence-electron chi connectivity index (χ1n) is 7.54. The lowest BCUT2D eigenvalue weighted by atomic mass is 9.68. The lowest BCUT2D eigenvalue weighted by Gasteiger charge is -2.46. The van der Waals surface area contributed by atoms with Crippen molar-refractivity contribution in [3.8, 4) is 0 Å². The smallest absolute Gasteiger partial charge is 0.410 e. The predicted octanol–water partition coefficient (Wildman–Crippen LogP) is 4.44. The van der Waals surface area contributed by atoms with Gasteiger partial charge in [0.05, 0.1) is 0 Å². The molecule has 1 unspecified atom stereocenters. The van der Waals surface area contributed by atoms with E-state index in [1.165, 1.54) is 4.90 Å². The lowest BCUT2D eigenvalue weighted by Crippen LogP contribution is -2.60. The van der Waals surface area contributed by atoms with Gasteiger partial charge in [-0.15, -0.1) is 0 Å². The molecule has 128 valence electrons. The number of amides is 1. The fraction of sp³-hybridized carbons (Fsp3) is 0.556. The fourth-order valence-corrected chi connectivity index (χ4v) is 2.45. The SMILES string of the molecule is CN(C(=O)OC(C)(C)C)C(C)(C=O)C(C)(C)c1ccc(Cl)cc1. The van der Waals surface area contributed by atoms with Crippen molar-refractivity contribution in [2.45, 2.75) is 58.1 Å². The first kappa shape index (κ1) is 19.5. The van der Waals surface area contributed by atoms with Gasteiger partial charge in [-0.2, -0.15) is 0 Å². The van der Waals surface area contributed by atoms with Crippen molar-refractivity contribution in [2.75, 3.05) is 7.05 Å². The highest BCUT2D eigenvalue weighted by Gasteiger charge is 2.48. The van der Waals surface area contributed by atoms with Crippen LogP contribution in [0.3, 0.4) is 0 Å². The number of likely N-dealkylation sites (N-methyl/N-ethyl adjacent to an activating group) is 1. The third kappa shape index (κ3) is 4.05. The number of hydrogen-bond donors (Lipinski definition) is 0. The van der Waals surface area contributed by atoms with Gasteiger partial charge in [0, 0.05) is 17.5 Å². The number of hydrogen-bond acceptors (Lipinski definition) is 3. The topological polar surface area (TPSA) is 46.6 Å². The van der Waals surface area contributed by atoms with Gasteiger partial charge in [0.2, 0.25) is 0 Å². The summed E-state index contributed by atoms with van der Waals surface area (Å²) in [5.74, 6) is 0. The average molecular weight is 340 g/mol. The van der Waals surface area contributed by atoms with Crippen LogP contribution >= 0.6 is 11.6 Å². The first-order chi connectivity index (χ1) is 10.3. The van der Waals surface area contributed by atoms with Crippen molar-refractivity contribution in [1.82, 2.24) is 4.90 Å². The number of aldehydes is 1. The highest BCUT2D eigenvalue weighted by molar-refractivity contribution is 6.30. The number of carbonyl (C=O) groups is 2. The zero-order valence-corrected chi connectivity index (χ0v) is 15.7. The maximum atomic E-state index is 12.4. The maximum Gasteiger partial charge on any atom is 0.410 e. The molecular formula is C18H26ClNO3. The van der Waals surface area contributed by atoms with Gasteiger partial charge in [0.15, 0.2) is 0 Å². The van der Waals surface area contributed by atoms with E-state index in [0.29, 0.717) is 5.02 Å². The van der Waals surface area contributed by atoms with Gasteiger partial charge in [0.1, 0.15) is 17.4 Å².